The summed E-state index contributed by atoms with van der Waals surface area (Å²) in [5.74, 6) is 0.0608. The molecule has 2 unspecified atom stereocenters. The van der Waals surface area contributed by atoms with Crippen LogP contribution in [0.3, 0.4) is 0 Å². The Hall–Kier alpha value is -1.94. The standard InChI is InChI=1S/C18H23N3O/c1-12-9-10-14-6-5-7-15(17(14)20-12)18(22)21-11-4-3-8-16(21)13(2)19/h5-7,9-10,13,16H,3-4,8,11,19H2,1-2H3. The number of carbonyl (C=O) groups excluding carboxylic acids is 1. The third kappa shape index (κ3) is 2.71. The summed E-state index contributed by atoms with van der Waals surface area (Å²) in [4.78, 5) is 19.6. The highest BCUT2D eigenvalue weighted by molar-refractivity contribution is 6.05. The van der Waals surface area contributed by atoms with Gasteiger partial charge in [0.1, 0.15) is 0 Å². The number of rotatable bonds is 2. The zero-order valence-corrected chi connectivity index (χ0v) is 13.2. The average molecular weight is 297 g/mol. The average Bonchev–Trinajstić information content (AvgIpc) is 2.53. The Kier molecular flexibility index (Phi) is 4.12. The summed E-state index contributed by atoms with van der Waals surface area (Å²) in [7, 11) is 0. The fourth-order valence-electron chi connectivity index (χ4n) is 3.33. The lowest BCUT2D eigenvalue weighted by Crippen LogP contribution is -2.51. The van der Waals surface area contributed by atoms with E-state index in [1.54, 1.807) is 0 Å². The maximum absolute atomic E-state index is 13.1. The van der Waals surface area contributed by atoms with Gasteiger partial charge in [-0.15, -0.1) is 0 Å². The predicted octanol–water partition coefficient (Wildman–Crippen LogP) is 2.89. The minimum absolute atomic E-state index is 0.00563. The van der Waals surface area contributed by atoms with Gasteiger partial charge < -0.3 is 10.6 Å². The van der Waals surface area contributed by atoms with Crippen LogP contribution in [-0.2, 0) is 0 Å². The molecular weight excluding hydrogens is 274 g/mol. The fraction of sp³-hybridized carbons (Fsp3) is 0.444. The molecule has 1 aliphatic rings. The van der Waals surface area contributed by atoms with Crippen LogP contribution >= 0.6 is 0 Å². The highest BCUT2D eigenvalue weighted by Crippen LogP contribution is 2.24. The largest absolute Gasteiger partial charge is 0.334 e. The van der Waals surface area contributed by atoms with Crippen LogP contribution in [0.5, 0.6) is 0 Å². The first-order valence-electron chi connectivity index (χ1n) is 8.01. The highest BCUT2D eigenvalue weighted by atomic mass is 16.2. The van der Waals surface area contributed by atoms with Crippen LogP contribution in [0.1, 0.15) is 42.2 Å². The van der Waals surface area contributed by atoms with Crippen molar-refractivity contribution in [2.24, 2.45) is 5.73 Å². The number of benzene rings is 1. The van der Waals surface area contributed by atoms with E-state index >= 15 is 0 Å². The molecule has 2 N–H and O–H groups in total. The Morgan fingerprint density at radius 3 is 2.91 bits per heavy atom. The van der Waals surface area contributed by atoms with Crippen LogP contribution in [0, 0.1) is 6.92 Å². The molecule has 4 heteroatoms. The second-order valence-electron chi connectivity index (χ2n) is 6.25. The molecule has 116 valence electrons. The van der Waals surface area contributed by atoms with Crippen LogP contribution in [0.2, 0.25) is 0 Å². The molecule has 22 heavy (non-hydrogen) atoms. The number of amides is 1. The fourth-order valence-corrected chi connectivity index (χ4v) is 3.33. The molecule has 2 atom stereocenters. The van der Waals surface area contributed by atoms with Crippen molar-refractivity contribution in [1.29, 1.82) is 0 Å². The van der Waals surface area contributed by atoms with Crippen molar-refractivity contribution in [1.82, 2.24) is 9.88 Å². The number of hydrogen-bond donors (Lipinski definition) is 1. The van der Waals surface area contributed by atoms with Crippen molar-refractivity contribution in [3.05, 3.63) is 41.6 Å². The van der Waals surface area contributed by atoms with Crippen molar-refractivity contribution in [2.45, 2.75) is 45.2 Å². The van der Waals surface area contributed by atoms with Gasteiger partial charge in [0.15, 0.2) is 0 Å². The maximum Gasteiger partial charge on any atom is 0.256 e. The normalized spacial score (nSPS) is 20.1. The second-order valence-corrected chi connectivity index (χ2v) is 6.25. The highest BCUT2D eigenvalue weighted by Gasteiger charge is 2.30. The number of carbonyl (C=O) groups is 1. The van der Waals surface area contributed by atoms with Gasteiger partial charge in [-0.05, 0) is 45.2 Å². The van der Waals surface area contributed by atoms with Crippen molar-refractivity contribution in [2.75, 3.05) is 6.54 Å². The number of piperidine rings is 1. The van der Waals surface area contributed by atoms with Crippen molar-refractivity contribution < 1.29 is 4.79 Å². The second kappa shape index (κ2) is 6.05. The lowest BCUT2D eigenvalue weighted by atomic mass is 9.95. The third-order valence-electron chi connectivity index (χ3n) is 4.51. The van der Waals surface area contributed by atoms with Crippen LogP contribution in [0.15, 0.2) is 30.3 Å². The quantitative estimate of drug-likeness (QED) is 0.927. The summed E-state index contributed by atoms with van der Waals surface area (Å²) < 4.78 is 0. The number of aryl methyl sites for hydroxylation is 1. The number of nitrogens with zero attached hydrogens (tertiary/aromatic N) is 2. The van der Waals surface area contributed by atoms with Crippen LogP contribution in [0.25, 0.3) is 10.9 Å². The summed E-state index contributed by atoms with van der Waals surface area (Å²) in [6.45, 7) is 4.72. The van der Waals surface area contributed by atoms with Gasteiger partial charge in [0.2, 0.25) is 0 Å². The first-order chi connectivity index (χ1) is 10.6. The zero-order valence-electron chi connectivity index (χ0n) is 13.2. The molecule has 1 aromatic carbocycles. The number of para-hydroxylation sites is 1. The van der Waals surface area contributed by atoms with Gasteiger partial charge in [0, 0.05) is 29.7 Å². The minimum Gasteiger partial charge on any atom is -0.334 e. The van der Waals surface area contributed by atoms with Gasteiger partial charge in [0.05, 0.1) is 11.1 Å². The monoisotopic (exact) mass is 297 g/mol. The lowest BCUT2D eigenvalue weighted by Gasteiger charge is -2.38. The molecule has 0 radical (unpaired) electrons. The van der Waals surface area contributed by atoms with Gasteiger partial charge in [-0.2, -0.15) is 0 Å². The van der Waals surface area contributed by atoms with Crippen LogP contribution in [-0.4, -0.2) is 34.4 Å². The Morgan fingerprint density at radius 1 is 1.32 bits per heavy atom. The smallest absolute Gasteiger partial charge is 0.256 e. The summed E-state index contributed by atoms with van der Waals surface area (Å²) in [5.41, 5.74) is 8.51. The maximum atomic E-state index is 13.1. The molecule has 1 aromatic heterocycles. The molecule has 1 aliphatic heterocycles. The van der Waals surface area contributed by atoms with E-state index in [2.05, 4.69) is 4.98 Å². The Bertz CT molecular complexity index is 696. The molecule has 4 nitrogen and oxygen atoms in total. The van der Waals surface area contributed by atoms with Gasteiger partial charge in [-0.25, -0.2) is 0 Å². The molecule has 0 bridgehead atoms. The van der Waals surface area contributed by atoms with E-state index in [1.165, 1.54) is 0 Å². The number of nitrogens with two attached hydrogens (primary N) is 1. The molecule has 1 saturated heterocycles. The first kappa shape index (κ1) is 15.0. The predicted molar refractivity (Wildman–Crippen MR) is 88.8 cm³/mol. The molecule has 3 rings (SSSR count). The molecule has 0 aliphatic carbocycles. The number of likely N-dealkylation sites (tertiary alicyclic amines) is 1. The number of fused-ring (bicyclic) bond motifs is 1. The summed E-state index contributed by atoms with van der Waals surface area (Å²) in [6.07, 6.45) is 3.18. The SMILES string of the molecule is Cc1ccc2cccc(C(=O)N3CCCCC3C(C)N)c2n1. The van der Waals surface area contributed by atoms with Gasteiger partial charge in [-0.1, -0.05) is 18.2 Å². The van der Waals surface area contributed by atoms with Gasteiger partial charge in [-0.3, -0.25) is 9.78 Å². The van der Waals surface area contributed by atoms with E-state index < -0.39 is 0 Å². The number of aromatic nitrogens is 1. The van der Waals surface area contributed by atoms with Crippen molar-refractivity contribution in [3.63, 3.8) is 0 Å². The van der Waals surface area contributed by atoms with Crippen LogP contribution in [0.4, 0.5) is 0 Å². The third-order valence-corrected chi connectivity index (χ3v) is 4.51. The Balaban J connectivity index is 2.02. The van der Waals surface area contributed by atoms with E-state index in [4.69, 9.17) is 5.73 Å². The topological polar surface area (TPSA) is 59.2 Å². The summed E-state index contributed by atoms with van der Waals surface area (Å²) in [6, 6.07) is 9.92. The van der Waals surface area contributed by atoms with Crippen molar-refractivity contribution >= 4 is 16.8 Å². The minimum atomic E-state index is -0.00563. The number of hydrogen-bond acceptors (Lipinski definition) is 3. The van der Waals surface area contributed by atoms with E-state index in [0.717, 1.165) is 42.4 Å². The zero-order chi connectivity index (χ0) is 15.7. The Labute approximate surface area is 131 Å². The lowest BCUT2D eigenvalue weighted by molar-refractivity contribution is 0.0585. The van der Waals surface area contributed by atoms with E-state index in [9.17, 15) is 4.79 Å². The molecule has 1 amide bonds. The van der Waals surface area contributed by atoms with Crippen LogP contribution < -0.4 is 5.73 Å². The van der Waals surface area contributed by atoms with E-state index in [1.807, 2.05) is 49.1 Å². The molecule has 2 heterocycles. The van der Waals surface area contributed by atoms with E-state index in [-0.39, 0.29) is 18.0 Å². The van der Waals surface area contributed by atoms with Gasteiger partial charge >= 0.3 is 0 Å². The van der Waals surface area contributed by atoms with Gasteiger partial charge in [0.25, 0.3) is 5.91 Å². The number of pyridine rings is 1. The first-order valence-corrected chi connectivity index (χ1v) is 8.01. The molecule has 2 aromatic rings. The molecular formula is C18H23N3O. The summed E-state index contributed by atoms with van der Waals surface area (Å²) >= 11 is 0. The summed E-state index contributed by atoms with van der Waals surface area (Å²) in [5, 5.41) is 1.01. The molecule has 1 fully saturated rings. The molecule has 0 saturated carbocycles. The molecule has 0 spiro atoms. The van der Waals surface area contributed by atoms with E-state index in [0.29, 0.717) is 5.56 Å². The Morgan fingerprint density at radius 2 is 2.14 bits per heavy atom. The van der Waals surface area contributed by atoms with Crippen molar-refractivity contribution in [3.8, 4) is 0 Å².